The third-order valence-corrected chi connectivity index (χ3v) is 13.1. The van der Waals surface area contributed by atoms with E-state index in [2.05, 4.69) is 193 Å². The highest BCUT2D eigenvalue weighted by atomic mass is 28.3. The van der Waals surface area contributed by atoms with Gasteiger partial charge in [-0.3, -0.25) is 0 Å². The van der Waals surface area contributed by atoms with Crippen LogP contribution in [0, 0.1) is 11.5 Å². The highest BCUT2D eigenvalue weighted by Crippen LogP contribution is 2.41. The van der Waals surface area contributed by atoms with Gasteiger partial charge in [-0.15, -0.1) is 5.54 Å². The normalized spacial score (nSPS) is 11.4. The number of fused-ring (bicyclic) bond motifs is 3. The molecule has 210 valence electrons. The van der Waals surface area contributed by atoms with E-state index < -0.39 is 8.07 Å². The Morgan fingerprint density at radius 2 is 0.733 bits per heavy atom. The van der Waals surface area contributed by atoms with E-state index in [1.54, 1.807) is 0 Å². The first kappa shape index (κ1) is 26.9. The van der Waals surface area contributed by atoms with Crippen LogP contribution >= 0.6 is 0 Å². The summed E-state index contributed by atoms with van der Waals surface area (Å²) in [5.41, 5.74) is 7.66. The summed E-state index contributed by atoms with van der Waals surface area (Å²) >= 11 is 0. The van der Waals surface area contributed by atoms with Crippen molar-refractivity contribution in [3.05, 3.63) is 188 Å². The van der Waals surface area contributed by atoms with E-state index >= 15 is 0 Å². The molecule has 8 rings (SSSR count). The maximum Gasteiger partial charge on any atom is 0.230 e. The fourth-order valence-electron chi connectivity index (χ4n) is 6.93. The molecule has 0 aliphatic carbocycles. The summed E-state index contributed by atoms with van der Waals surface area (Å²) in [6, 6.07) is 65.7. The van der Waals surface area contributed by atoms with Crippen LogP contribution in [0.1, 0.15) is 5.56 Å². The third kappa shape index (κ3) is 4.56. The van der Waals surface area contributed by atoms with Gasteiger partial charge in [0.1, 0.15) is 0 Å². The molecule has 0 radical (unpaired) electrons. The minimum Gasteiger partial charge on any atom is -0.109 e. The van der Waals surface area contributed by atoms with Gasteiger partial charge in [-0.1, -0.05) is 188 Å². The van der Waals surface area contributed by atoms with Gasteiger partial charge in [-0.05, 0) is 59.0 Å². The molecule has 0 fully saturated rings. The summed E-state index contributed by atoms with van der Waals surface area (Å²) < 4.78 is 0. The monoisotopic (exact) mass is 586 g/mol. The molecule has 0 aliphatic rings. The van der Waals surface area contributed by atoms with Gasteiger partial charge in [-0.2, -0.15) is 0 Å². The Balaban J connectivity index is 1.48. The Morgan fingerprint density at radius 3 is 1.24 bits per heavy atom. The first-order valence-corrected chi connectivity index (χ1v) is 17.5. The highest BCUT2D eigenvalue weighted by Gasteiger charge is 2.38. The van der Waals surface area contributed by atoms with Crippen molar-refractivity contribution < 1.29 is 0 Å². The second-order valence-corrected chi connectivity index (χ2v) is 14.9. The number of hydrogen-bond donors (Lipinski definition) is 0. The quantitative estimate of drug-likeness (QED) is 0.0836. The Bertz CT molecular complexity index is 2200. The van der Waals surface area contributed by atoms with E-state index in [1.807, 2.05) is 0 Å². The number of benzene rings is 8. The van der Waals surface area contributed by atoms with E-state index in [4.69, 9.17) is 0 Å². The topological polar surface area (TPSA) is 0 Å². The SMILES string of the molecule is C(#C[Si](c1ccccc1)(c1ccccc1)c1ccccc1)c1c2ccccc2c(-c2cccc3ccccc23)c2ccccc12. The van der Waals surface area contributed by atoms with Crippen LogP contribution in [0.2, 0.25) is 0 Å². The zero-order valence-corrected chi connectivity index (χ0v) is 25.8. The van der Waals surface area contributed by atoms with Crippen molar-refractivity contribution in [2.24, 2.45) is 0 Å². The molecule has 8 aromatic rings. The van der Waals surface area contributed by atoms with E-state index in [0.29, 0.717) is 0 Å². The van der Waals surface area contributed by atoms with E-state index in [0.717, 1.165) is 5.56 Å². The zero-order valence-electron chi connectivity index (χ0n) is 24.8. The van der Waals surface area contributed by atoms with Crippen molar-refractivity contribution in [2.75, 3.05) is 0 Å². The second kappa shape index (κ2) is 11.4. The maximum atomic E-state index is 4.06. The fraction of sp³-hybridized carbons (Fsp3) is 0. The Kier molecular flexibility index (Phi) is 6.84. The molecule has 45 heavy (non-hydrogen) atoms. The lowest BCUT2D eigenvalue weighted by molar-refractivity contribution is 1.68. The van der Waals surface area contributed by atoms with Crippen LogP contribution in [-0.2, 0) is 0 Å². The number of hydrogen-bond acceptors (Lipinski definition) is 0. The largest absolute Gasteiger partial charge is 0.230 e. The zero-order chi connectivity index (χ0) is 30.1. The van der Waals surface area contributed by atoms with Crippen LogP contribution in [-0.4, -0.2) is 8.07 Å². The van der Waals surface area contributed by atoms with Crippen LogP contribution < -0.4 is 15.6 Å². The van der Waals surface area contributed by atoms with Gasteiger partial charge >= 0.3 is 0 Å². The minimum absolute atomic E-state index is 1.09. The van der Waals surface area contributed by atoms with Crippen molar-refractivity contribution in [1.82, 2.24) is 0 Å². The lowest BCUT2D eigenvalue weighted by Crippen LogP contribution is -2.66. The molecule has 0 nitrogen and oxygen atoms in total. The van der Waals surface area contributed by atoms with Crippen molar-refractivity contribution in [1.29, 1.82) is 0 Å². The van der Waals surface area contributed by atoms with Crippen LogP contribution in [0.15, 0.2) is 182 Å². The average Bonchev–Trinajstić information content (AvgIpc) is 3.13. The van der Waals surface area contributed by atoms with Crippen molar-refractivity contribution in [3.63, 3.8) is 0 Å². The van der Waals surface area contributed by atoms with Gasteiger partial charge in [-0.25, -0.2) is 0 Å². The first-order chi connectivity index (χ1) is 22.3. The lowest BCUT2D eigenvalue weighted by Gasteiger charge is -2.28. The van der Waals surface area contributed by atoms with Gasteiger partial charge in [0.25, 0.3) is 0 Å². The highest BCUT2D eigenvalue weighted by molar-refractivity contribution is 7.16. The standard InChI is InChI=1S/C44H30Si/c1-4-19-34(20-5-1)45(35-21-6-2-7-22-35,36-23-8-3-9-24-36)32-31-40-38-26-12-14-28-42(38)44(43-29-15-13-27-39(40)43)41-30-16-18-33-17-10-11-25-37(33)41/h1-30H. The molecule has 0 unspecified atom stereocenters. The second-order valence-electron chi connectivity index (χ2n) is 11.5. The molecule has 8 aromatic carbocycles. The maximum absolute atomic E-state index is 4.06. The van der Waals surface area contributed by atoms with Gasteiger partial charge in [0.05, 0.1) is 0 Å². The molecule has 0 spiro atoms. The third-order valence-electron chi connectivity index (χ3n) is 8.99. The summed E-state index contributed by atoms with van der Waals surface area (Å²) in [6.07, 6.45) is 0. The molecule has 0 heterocycles. The van der Waals surface area contributed by atoms with E-state index in [1.165, 1.54) is 59.0 Å². The minimum atomic E-state index is -2.76. The Hall–Kier alpha value is -5.68. The van der Waals surface area contributed by atoms with Gasteiger partial charge in [0.15, 0.2) is 0 Å². The average molecular weight is 587 g/mol. The van der Waals surface area contributed by atoms with E-state index in [-0.39, 0.29) is 0 Å². The molecule has 1 heteroatoms. The van der Waals surface area contributed by atoms with E-state index in [9.17, 15) is 0 Å². The molecule has 0 saturated heterocycles. The summed E-state index contributed by atoms with van der Waals surface area (Å²) in [5, 5.41) is 11.2. The van der Waals surface area contributed by atoms with Crippen LogP contribution in [0.25, 0.3) is 43.4 Å². The number of rotatable bonds is 4. The molecule has 0 amide bonds. The molecule has 0 aromatic heterocycles. The summed E-state index contributed by atoms with van der Waals surface area (Å²) in [6.45, 7) is 0. The summed E-state index contributed by atoms with van der Waals surface area (Å²) in [5.74, 6) is 3.89. The first-order valence-electron chi connectivity index (χ1n) is 15.5. The summed E-state index contributed by atoms with van der Waals surface area (Å²) in [7, 11) is -2.76. The molecule has 0 atom stereocenters. The predicted molar refractivity (Wildman–Crippen MR) is 195 cm³/mol. The van der Waals surface area contributed by atoms with Gasteiger partial charge in [0, 0.05) is 5.56 Å². The molecule has 0 saturated carbocycles. The lowest BCUT2D eigenvalue weighted by atomic mass is 9.87. The van der Waals surface area contributed by atoms with Gasteiger partial charge < -0.3 is 0 Å². The van der Waals surface area contributed by atoms with Crippen LogP contribution in [0.5, 0.6) is 0 Å². The molecular formula is C44H30Si. The predicted octanol–water partition coefficient (Wildman–Crippen LogP) is 8.87. The molecule has 0 bridgehead atoms. The van der Waals surface area contributed by atoms with Crippen molar-refractivity contribution in [3.8, 4) is 22.6 Å². The molecule has 0 N–H and O–H groups in total. The van der Waals surface area contributed by atoms with Gasteiger partial charge in [0.2, 0.25) is 8.07 Å². The van der Waals surface area contributed by atoms with Crippen molar-refractivity contribution >= 4 is 56.0 Å². The van der Waals surface area contributed by atoms with Crippen LogP contribution in [0.4, 0.5) is 0 Å². The summed E-state index contributed by atoms with van der Waals surface area (Å²) in [4.78, 5) is 0. The van der Waals surface area contributed by atoms with Crippen LogP contribution in [0.3, 0.4) is 0 Å². The Morgan fingerprint density at radius 1 is 0.333 bits per heavy atom. The Labute approximate surface area is 265 Å². The van der Waals surface area contributed by atoms with Crippen molar-refractivity contribution in [2.45, 2.75) is 0 Å². The molecular weight excluding hydrogens is 557 g/mol. The fourth-order valence-corrected chi connectivity index (χ4v) is 10.8. The smallest absolute Gasteiger partial charge is 0.109 e. The molecule has 0 aliphatic heterocycles.